The maximum atomic E-state index is 8.52. The van der Waals surface area contributed by atoms with Gasteiger partial charge in [-0.05, 0) is 20.3 Å². The lowest BCUT2D eigenvalue weighted by atomic mass is 10.0. The standard InChI is InChI=1S/C18H20N8OS/c1-4-12-15(20)25(9-19)13-8-22-16(24-17(13)26(12)10(2)3)11-7-23-27-14(11)18-21-5-6-28-18/h5-10,12,19-20H,4H2,1-3H3. The van der Waals surface area contributed by atoms with E-state index in [1.54, 1.807) is 18.6 Å². The first kappa shape index (κ1) is 18.2. The van der Waals surface area contributed by atoms with Crippen LogP contribution >= 0.6 is 11.3 Å². The number of nitrogens with zero attached hydrogens (tertiary/aromatic N) is 6. The van der Waals surface area contributed by atoms with Gasteiger partial charge in [0.25, 0.3) is 0 Å². The van der Waals surface area contributed by atoms with E-state index in [0.717, 1.165) is 12.8 Å². The summed E-state index contributed by atoms with van der Waals surface area (Å²) in [6.07, 6.45) is 6.83. The maximum absolute atomic E-state index is 8.52. The van der Waals surface area contributed by atoms with Crippen LogP contribution in [-0.2, 0) is 0 Å². The lowest BCUT2D eigenvalue weighted by Crippen LogP contribution is -2.55. The number of aromatic nitrogens is 4. The van der Waals surface area contributed by atoms with Gasteiger partial charge >= 0.3 is 0 Å². The first-order valence-corrected chi connectivity index (χ1v) is 9.83. The largest absolute Gasteiger partial charge is 0.353 e. The van der Waals surface area contributed by atoms with Crippen molar-refractivity contribution in [3.63, 3.8) is 0 Å². The average Bonchev–Trinajstić information content (AvgIpc) is 3.37. The van der Waals surface area contributed by atoms with E-state index in [2.05, 4.69) is 33.9 Å². The molecule has 144 valence electrons. The second kappa shape index (κ2) is 7.12. The summed E-state index contributed by atoms with van der Waals surface area (Å²) >= 11 is 1.46. The summed E-state index contributed by atoms with van der Waals surface area (Å²) in [5.74, 6) is 2.05. The second-order valence-electron chi connectivity index (χ2n) is 6.62. The predicted molar refractivity (Wildman–Crippen MR) is 109 cm³/mol. The number of hydrogen-bond donors (Lipinski definition) is 2. The molecular weight excluding hydrogens is 376 g/mol. The smallest absolute Gasteiger partial charge is 0.206 e. The number of anilines is 2. The Kier molecular flexibility index (Phi) is 4.63. The first-order chi connectivity index (χ1) is 13.6. The molecule has 0 fully saturated rings. The van der Waals surface area contributed by atoms with Gasteiger partial charge in [0.1, 0.15) is 11.5 Å². The summed E-state index contributed by atoms with van der Waals surface area (Å²) in [5, 5.41) is 22.8. The molecule has 4 heterocycles. The van der Waals surface area contributed by atoms with E-state index in [1.807, 2.05) is 12.3 Å². The molecule has 9 nitrogen and oxygen atoms in total. The Hall–Kier alpha value is -3.14. The van der Waals surface area contributed by atoms with Crippen LogP contribution in [0.2, 0.25) is 0 Å². The van der Waals surface area contributed by atoms with Crippen molar-refractivity contribution in [2.45, 2.75) is 39.3 Å². The molecule has 0 aliphatic carbocycles. The normalized spacial score (nSPS) is 16.6. The van der Waals surface area contributed by atoms with Gasteiger partial charge in [-0.25, -0.2) is 15.0 Å². The number of amidine groups is 1. The van der Waals surface area contributed by atoms with Crippen LogP contribution in [0.15, 0.2) is 28.5 Å². The maximum Gasteiger partial charge on any atom is 0.206 e. The summed E-state index contributed by atoms with van der Waals surface area (Å²) in [4.78, 5) is 17.2. The number of rotatable bonds is 5. The van der Waals surface area contributed by atoms with Crippen LogP contribution in [0.25, 0.3) is 22.2 Å². The third kappa shape index (κ3) is 2.76. The number of thiazole rings is 1. The van der Waals surface area contributed by atoms with Gasteiger partial charge in [0.15, 0.2) is 16.6 Å². The van der Waals surface area contributed by atoms with Gasteiger partial charge in [-0.15, -0.1) is 11.3 Å². The van der Waals surface area contributed by atoms with Gasteiger partial charge in [-0.2, -0.15) is 0 Å². The van der Waals surface area contributed by atoms with Crippen molar-refractivity contribution >= 4 is 35.0 Å². The Balaban J connectivity index is 1.88. The van der Waals surface area contributed by atoms with Crippen LogP contribution in [-0.4, -0.2) is 44.4 Å². The molecule has 0 radical (unpaired) electrons. The molecule has 0 saturated carbocycles. The molecule has 3 aromatic heterocycles. The monoisotopic (exact) mass is 396 g/mol. The minimum Gasteiger partial charge on any atom is -0.353 e. The third-order valence-electron chi connectivity index (χ3n) is 4.68. The van der Waals surface area contributed by atoms with Crippen LogP contribution in [0.4, 0.5) is 11.5 Å². The van der Waals surface area contributed by atoms with Gasteiger partial charge in [0.2, 0.25) is 5.76 Å². The van der Waals surface area contributed by atoms with Crippen molar-refractivity contribution in [1.29, 1.82) is 10.8 Å². The van der Waals surface area contributed by atoms with Crippen LogP contribution in [0, 0.1) is 10.8 Å². The number of fused-ring (bicyclic) bond motifs is 1. The summed E-state index contributed by atoms with van der Waals surface area (Å²) in [6, 6.07) is -0.0432. The fourth-order valence-electron chi connectivity index (χ4n) is 3.45. The number of hydrogen-bond acceptors (Lipinski definition) is 9. The minimum atomic E-state index is -0.169. The zero-order valence-electron chi connectivity index (χ0n) is 15.7. The topological polar surface area (TPSA) is 119 Å². The third-order valence-corrected chi connectivity index (χ3v) is 5.45. The van der Waals surface area contributed by atoms with E-state index in [0.29, 0.717) is 39.5 Å². The van der Waals surface area contributed by atoms with Crippen molar-refractivity contribution in [1.82, 2.24) is 20.1 Å². The van der Waals surface area contributed by atoms with Crippen LogP contribution < -0.4 is 9.80 Å². The van der Waals surface area contributed by atoms with Gasteiger partial charge in [0, 0.05) is 17.6 Å². The minimum absolute atomic E-state index is 0.126. The molecule has 1 aliphatic rings. The van der Waals surface area contributed by atoms with E-state index in [4.69, 9.17) is 20.3 Å². The quantitative estimate of drug-likeness (QED) is 0.499. The van der Waals surface area contributed by atoms with E-state index in [1.165, 1.54) is 16.2 Å². The van der Waals surface area contributed by atoms with Gasteiger partial charge in [-0.3, -0.25) is 15.7 Å². The molecule has 0 bridgehead atoms. The molecular formula is C18H20N8OS. The SMILES string of the molecule is CCC1C(=N)N(C=N)c2cnc(-c3cnoc3-c3nccs3)nc2N1C(C)C. The molecule has 10 heteroatoms. The lowest BCUT2D eigenvalue weighted by Gasteiger charge is -2.44. The molecule has 28 heavy (non-hydrogen) atoms. The Morgan fingerprint density at radius 1 is 1.32 bits per heavy atom. The highest BCUT2D eigenvalue weighted by Gasteiger charge is 2.37. The molecule has 0 spiro atoms. The zero-order chi connectivity index (χ0) is 19.8. The summed E-state index contributed by atoms with van der Waals surface area (Å²) in [5.41, 5.74) is 1.28. The van der Waals surface area contributed by atoms with Crippen molar-refractivity contribution in [3.8, 4) is 22.2 Å². The predicted octanol–water partition coefficient (Wildman–Crippen LogP) is 3.65. The summed E-state index contributed by atoms with van der Waals surface area (Å²) < 4.78 is 5.41. The fourth-order valence-corrected chi connectivity index (χ4v) is 4.07. The Morgan fingerprint density at radius 3 is 2.79 bits per heavy atom. The Labute approximate surface area is 166 Å². The van der Waals surface area contributed by atoms with Crippen molar-refractivity contribution in [2.75, 3.05) is 9.80 Å². The van der Waals surface area contributed by atoms with E-state index < -0.39 is 0 Å². The van der Waals surface area contributed by atoms with E-state index >= 15 is 0 Å². The lowest BCUT2D eigenvalue weighted by molar-refractivity contribution is 0.432. The van der Waals surface area contributed by atoms with Crippen LogP contribution in [0.5, 0.6) is 0 Å². The first-order valence-electron chi connectivity index (χ1n) is 8.95. The molecule has 4 rings (SSSR count). The molecule has 1 aliphatic heterocycles. The van der Waals surface area contributed by atoms with E-state index in [-0.39, 0.29) is 12.1 Å². The highest BCUT2D eigenvalue weighted by Crippen LogP contribution is 2.38. The van der Waals surface area contributed by atoms with Crippen LogP contribution in [0.1, 0.15) is 27.2 Å². The highest BCUT2D eigenvalue weighted by molar-refractivity contribution is 7.13. The van der Waals surface area contributed by atoms with E-state index in [9.17, 15) is 0 Å². The van der Waals surface area contributed by atoms with Gasteiger partial charge in [0.05, 0.1) is 30.3 Å². The van der Waals surface area contributed by atoms with Gasteiger partial charge in [-0.1, -0.05) is 12.1 Å². The van der Waals surface area contributed by atoms with Crippen molar-refractivity contribution < 1.29 is 4.52 Å². The Bertz CT molecular complexity index is 1010. The molecule has 0 aromatic carbocycles. The highest BCUT2D eigenvalue weighted by atomic mass is 32.1. The summed E-state index contributed by atoms with van der Waals surface area (Å²) in [7, 11) is 0. The molecule has 1 atom stereocenters. The fraction of sp³-hybridized carbons (Fsp3) is 0.333. The average molecular weight is 396 g/mol. The molecule has 2 N–H and O–H groups in total. The molecule has 0 amide bonds. The molecule has 3 aromatic rings. The zero-order valence-corrected chi connectivity index (χ0v) is 16.6. The molecule has 0 saturated heterocycles. The van der Waals surface area contributed by atoms with Crippen molar-refractivity contribution in [3.05, 3.63) is 24.0 Å². The second-order valence-corrected chi connectivity index (χ2v) is 7.51. The number of nitrogens with one attached hydrogen (secondary N) is 2. The van der Waals surface area contributed by atoms with Crippen LogP contribution in [0.3, 0.4) is 0 Å². The Morgan fingerprint density at radius 2 is 2.14 bits per heavy atom. The summed E-state index contributed by atoms with van der Waals surface area (Å²) in [6.45, 7) is 6.17. The molecule has 1 unspecified atom stereocenters. The van der Waals surface area contributed by atoms with Gasteiger partial charge < -0.3 is 9.42 Å². The van der Waals surface area contributed by atoms with Crippen molar-refractivity contribution in [2.24, 2.45) is 0 Å².